The van der Waals surface area contributed by atoms with Gasteiger partial charge in [-0.15, -0.1) is 26.6 Å². The zero-order valence-electron chi connectivity index (χ0n) is 41.4. The first-order chi connectivity index (χ1) is 34.5. The number of aliphatic imine (C=N–C) groups is 1. The first-order valence-corrected chi connectivity index (χ1v) is 26.8. The summed E-state index contributed by atoms with van der Waals surface area (Å²) in [5.41, 5.74) is 9.18. The Morgan fingerprint density at radius 1 is 0.958 bits per heavy atom. The van der Waals surface area contributed by atoms with Crippen molar-refractivity contribution >= 4 is 61.6 Å². The van der Waals surface area contributed by atoms with Gasteiger partial charge in [0.2, 0.25) is 15.9 Å². The predicted octanol–water partition coefficient (Wildman–Crippen LogP) is 9.29. The van der Waals surface area contributed by atoms with E-state index in [-0.39, 0.29) is 36.7 Å². The van der Waals surface area contributed by atoms with Gasteiger partial charge in [0.05, 0.1) is 32.2 Å². The highest BCUT2D eigenvalue weighted by atomic mass is 35.5. The number of rotatable bonds is 17. The molecule has 3 atom stereocenters. The maximum absolute atomic E-state index is 14.4. The smallest absolute Gasteiger partial charge is 0.304 e. The summed E-state index contributed by atoms with van der Waals surface area (Å²) in [6, 6.07) is 21.8. The number of benzene rings is 4. The standard InChI is InChI=1S/C53H58ClN9O7S2/c1-30-13-15-37(41(26-48(65)66)38-24-42-51(45(25-38)69-7)61(6)60-58-42)23-39(30)29-62-28-31(2)70-44-22-35(14-20-46(44)72(62,67)68)12-10-8-9-11-21-55-47(64)27-43-52-59-57-34(5)63(52)53-49(32(3)33(4)71-53)50(56-43)36-16-18-40(54)19-17-36/h13-20,22-25,31,41,43H,8-12,21,26-29H2,1-7H3,(H,55,64)(H,65,66)/t31-,41?,43+/m1/s1. The second-order valence-electron chi connectivity index (χ2n) is 18.8. The number of carbonyl (C=O) groups excluding carboxylic acids is 1. The van der Waals surface area contributed by atoms with Crippen molar-refractivity contribution in [3.63, 3.8) is 0 Å². The number of hydrogen-bond donors (Lipinski definition) is 2. The van der Waals surface area contributed by atoms with Crippen molar-refractivity contribution in [1.29, 1.82) is 0 Å². The van der Waals surface area contributed by atoms with Gasteiger partial charge in [0.25, 0.3) is 0 Å². The van der Waals surface area contributed by atoms with Crippen molar-refractivity contribution in [2.24, 2.45) is 12.0 Å². The average Bonchev–Trinajstić information content (AvgIpc) is 3.97. The molecule has 1 unspecified atom stereocenters. The minimum absolute atomic E-state index is 0.0711. The minimum atomic E-state index is -3.99. The molecule has 0 saturated carbocycles. The molecule has 5 heterocycles. The van der Waals surface area contributed by atoms with Gasteiger partial charge in [-0.1, -0.05) is 66.1 Å². The Bertz CT molecular complexity index is 3350. The summed E-state index contributed by atoms with van der Waals surface area (Å²) in [5, 5.41) is 32.1. The van der Waals surface area contributed by atoms with E-state index < -0.39 is 34.1 Å². The molecule has 2 aliphatic rings. The lowest BCUT2D eigenvalue weighted by atomic mass is 9.86. The lowest BCUT2D eigenvalue weighted by molar-refractivity contribution is -0.137. The summed E-state index contributed by atoms with van der Waals surface area (Å²) in [6.07, 6.45) is 3.72. The Kier molecular flexibility index (Phi) is 14.7. The Morgan fingerprint density at radius 2 is 1.74 bits per heavy atom. The maximum atomic E-state index is 14.4. The molecule has 2 N–H and O–H groups in total. The normalized spacial score (nSPS) is 16.7. The number of thiophene rings is 1. The van der Waals surface area contributed by atoms with E-state index in [1.165, 1.54) is 9.18 Å². The van der Waals surface area contributed by atoms with Crippen LogP contribution in [-0.4, -0.2) is 91.5 Å². The number of ether oxygens (including phenoxy) is 2. The number of hydrogen-bond acceptors (Lipinski definition) is 12. The van der Waals surface area contributed by atoms with Crippen LogP contribution in [0.4, 0.5) is 0 Å². The third kappa shape index (κ3) is 10.3. The number of fused-ring (bicyclic) bond motifs is 5. The largest absolute Gasteiger partial charge is 0.494 e. The maximum Gasteiger partial charge on any atom is 0.304 e. The van der Waals surface area contributed by atoms with Crippen molar-refractivity contribution in [2.45, 2.75) is 109 Å². The third-order valence-electron chi connectivity index (χ3n) is 13.7. The molecule has 0 saturated heterocycles. The molecule has 0 radical (unpaired) electrons. The lowest BCUT2D eigenvalue weighted by Gasteiger charge is -2.24. The monoisotopic (exact) mass is 1030 g/mol. The Morgan fingerprint density at radius 3 is 2.50 bits per heavy atom. The average molecular weight is 1030 g/mol. The first-order valence-electron chi connectivity index (χ1n) is 24.1. The van der Waals surface area contributed by atoms with Crippen LogP contribution < -0.4 is 14.8 Å². The summed E-state index contributed by atoms with van der Waals surface area (Å²) in [5.74, 6) is 0.572. The summed E-state index contributed by atoms with van der Waals surface area (Å²) in [6.45, 7) is 10.6. The molecule has 72 heavy (non-hydrogen) atoms. The minimum Gasteiger partial charge on any atom is -0.494 e. The van der Waals surface area contributed by atoms with Gasteiger partial charge >= 0.3 is 5.97 Å². The van der Waals surface area contributed by atoms with Gasteiger partial charge < -0.3 is 19.9 Å². The number of halogens is 1. The number of carboxylic acids is 1. The van der Waals surface area contributed by atoms with Gasteiger partial charge in [-0.05, 0) is 124 Å². The third-order valence-corrected chi connectivity index (χ3v) is 17.0. The van der Waals surface area contributed by atoms with Crippen molar-refractivity contribution in [2.75, 3.05) is 20.2 Å². The number of nitrogens with zero attached hydrogens (tertiary/aromatic N) is 8. The summed E-state index contributed by atoms with van der Waals surface area (Å²) >= 11 is 7.94. The summed E-state index contributed by atoms with van der Waals surface area (Å²) in [4.78, 5) is 32.3. The number of carboxylic acid groups (broad SMARTS) is 1. The molecule has 7 aromatic rings. The zero-order chi connectivity index (χ0) is 51.0. The van der Waals surface area contributed by atoms with E-state index in [4.69, 9.17) is 26.1 Å². The van der Waals surface area contributed by atoms with Crippen molar-refractivity contribution in [3.8, 4) is 16.5 Å². The molecule has 9 rings (SSSR count). The Hall–Kier alpha value is -6.47. The van der Waals surface area contributed by atoms with E-state index in [0.717, 1.165) is 87.6 Å². The highest BCUT2D eigenvalue weighted by Gasteiger charge is 2.35. The number of amides is 1. The molecular weight excluding hydrogens is 974 g/mol. The number of aromatic nitrogens is 6. The molecule has 0 bridgehead atoms. The topological polar surface area (TPSA) is 196 Å². The van der Waals surface area contributed by atoms with Crippen LogP contribution in [0, 0.1) is 27.7 Å². The van der Waals surface area contributed by atoms with E-state index in [1.807, 2.05) is 92.1 Å². The van der Waals surface area contributed by atoms with Gasteiger partial charge in [-0.3, -0.25) is 19.1 Å². The quantitative estimate of drug-likeness (QED) is 0.0825. The van der Waals surface area contributed by atoms with Crippen molar-refractivity contribution < 1.29 is 32.6 Å². The SMILES string of the molecule is COc1cc(C(CC(=O)O)c2ccc(C)c(CN3C[C@@H](C)Oc4cc(CCCCCCNC(=O)C[C@@H]5N=C(c6ccc(Cl)cc6)c6c(sc(C)c6C)-n6c(C)nnc65)ccc4S3(=O)=O)c2)cc2nnn(C)c12. The van der Waals surface area contributed by atoms with Gasteiger partial charge in [0.15, 0.2) is 5.82 Å². The first kappa shape index (κ1) is 50.5. The van der Waals surface area contributed by atoms with E-state index in [0.29, 0.717) is 45.5 Å². The number of nitrogens with one attached hydrogen (secondary N) is 1. The molecule has 19 heteroatoms. The van der Waals surface area contributed by atoms with Crippen LogP contribution in [0.2, 0.25) is 5.02 Å². The van der Waals surface area contributed by atoms with Crippen LogP contribution in [0.3, 0.4) is 0 Å². The molecule has 0 spiro atoms. The van der Waals surface area contributed by atoms with E-state index in [1.54, 1.807) is 36.2 Å². The fourth-order valence-corrected chi connectivity index (χ4v) is 12.7. The lowest BCUT2D eigenvalue weighted by Crippen LogP contribution is -2.35. The van der Waals surface area contributed by atoms with Gasteiger partial charge in [0.1, 0.15) is 50.4 Å². The number of aryl methyl sites for hydroxylation is 5. The molecule has 0 aliphatic carbocycles. The summed E-state index contributed by atoms with van der Waals surface area (Å²) in [7, 11) is -0.677. The number of sulfonamides is 1. The van der Waals surface area contributed by atoms with Gasteiger partial charge in [-0.2, -0.15) is 4.31 Å². The molecule has 376 valence electrons. The zero-order valence-corrected chi connectivity index (χ0v) is 43.8. The van der Waals surface area contributed by atoms with Crippen LogP contribution in [-0.2, 0) is 39.6 Å². The van der Waals surface area contributed by atoms with E-state index in [9.17, 15) is 23.1 Å². The molecule has 3 aromatic heterocycles. The molecule has 1 amide bonds. The Balaban J connectivity index is 0.811. The fourth-order valence-electron chi connectivity index (χ4n) is 9.76. The van der Waals surface area contributed by atoms with Crippen LogP contribution in [0.25, 0.3) is 16.0 Å². The highest BCUT2D eigenvalue weighted by molar-refractivity contribution is 7.89. The highest BCUT2D eigenvalue weighted by Crippen LogP contribution is 2.41. The van der Waals surface area contributed by atoms with Gasteiger partial charge in [-0.25, -0.2) is 13.1 Å². The predicted molar refractivity (Wildman–Crippen MR) is 278 cm³/mol. The van der Waals surface area contributed by atoms with E-state index in [2.05, 4.69) is 39.7 Å². The van der Waals surface area contributed by atoms with Crippen LogP contribution in [0.1, 0.15) is 118 Å². The second kappa shape index (κ2) is 20.9. The number of methoxy groups -OCH3 is 1. The molecule has 16 nitrogen and oxygen atoms in total. The summed E-state index contributed by atoms with van der Waals surface area (Å²) < 4.78 is 45.9. The molecule has 4 aromatic carbocycles. The van der Waals surface area contributed by atoms with Gasteiger partial charge in [0, 0.05) is 47.1 Å². The van der Waals surface area contributed by atoms with Crippen LogP contribution in [0.5, 0.6) is 11.5 Å². The van der Waals surface area contributed by atoms with Crippen molar-refractivity contribution in [1.82, 2.24) is 39.4 Å². The van der Waals surface area contributed by atoms with Crippen LogP contribution in [0.15, 0.2) is 82.7 Å². The molecular formula is C53H58ClN9O7S2. The Labute approximate surface area is 428 Å². The molecule has 2 aliphatic heterocycles. The van der Waals surface area contributed by atoms with E-state index >= 15 is 0 Å². The number of aliphatic carboxylic acids is 1. The van der Waals surface area contributed by atoms with Crippen molar-refractivity contribution in [3.05, 3.63) is 139 Å². The molecule has 0 fully saturated rings. The second-order valence-corrected chi connectivity index (χ2v) is 22.3. The fraction of sp³-hybridized carbons (Fsp3) is 0.377. The van der Waals surface area contributed by atoms with Crippen LogP contribution >= 0.6 is 22.9 Å². The number of carbonyl (C=O) groups is 2. The number of unbranched alkanes of at least 4 members (excludes halogenated alkanes) is 3.